The molecule has 0 bridgehead atoms. The number of hydrogen-bond donors (Lipinski definition) is 2. The molecular weight excluding hydrogens is 329 g/mol. The van der Waals surface area contributed by atoms with Crippen LogP contribution in [0.4, 0.5) is 13.2 Å². The quantitative estimate of drug-likeness (QED) is 0.887. The predicted octanol–water partition coefficient (Wildman–Crippen LogP) is 2.36. The molecule has 8 heteroatoms. The number of nitrogens with zero attached hydrogens (tertiary/aromatic N) is 1. The van der Waals surface area contributed by atoms with Crippen molar-refractivity contribution < 1.29 is 23.1 Å². The molecule has 0 atom stereocenters. The Morgan fingerprint density at radius 1 is 1.42 bits per heavy atom. The van der Waals surface area contributed by atoms with Crippen LogP contribution in [0.5, 0.6) is 0 Å². The number of carbonyl (C=O) groups excluding carboxylic acids is 1. The van der Waals surface area contributed by atoms with Gasteiger partial charge < -0.3 is 10.4 Å². The fraction of sp³-hybridized carbons (Fsp3) is 0.455. The number of carbonyl (C=O) groups is 1. The Bertz CT molecular complexity index is 484. The summed E-state index contributed by atoms with van der Waals surface area (Å²) in [7, 11) is 0. The number of amides is 1. The lowest BCUT2D eigenvalue weighted by Crippen LogP contribution is -2.38. The molecule has 4 nitrogen and oxygen atoms in total. The van der Waals surface area contributed by atoms with Gasteiger partial charge in [0.25, 0.3) is 5.91 Å². The normalized spacial score (nSPS) is 12.4. The first-order chi connectivity index (χ1) is 8.50. The van der Waals surface area contributed by atoms with Gasteiger partial charge in [-0.2, -0.15) is 13.2 Å². The van der Waals surface area contributed by atoms with Crippen molar-refractivity contribution >= 4 is 21.8 Å². The monoisotopic (exact) mass is 340 g/mol. The minimum absolute atomic E-state index is 0.0923. The van der Waals surface area contributed by atoms with Gasteiger partial charge in [0.1, 0.15) is 5.69 Å². The average molecular weight is 341 g/mol. The maximum Gasteiger partial charge on any atom is 0.434 e. The fourth-order valence-electron chi connectivity index (χ4n) is 1.15. The Morgan fingerprint density at radius 2 is 2.00 bits per heavy atom. The maximum absolute atomic E-state index is 12.6. The number of aliphatic hydroxyl groups is 1. The van der Waals surface area contributed by atoms with Crippen LogP contribution in [0.25, 0.3) is 0 Å². The summed E-state index contributed by atoms with van der Waals surface area (Å²) in [4.78, 5) is 14.9. The highest BCUT2D eigenvalue weighted by Crippen LogP contribution is 2.33. The van der Waals surface area contributed by atoms with E-state index in [4.69, 9.17) is 0 Å². The first kappa shape index (κ1) is 15.9. The summed E-state index contributed by atoms with van der Waals surface area (Å²) in [5.41, 5.74) is -2.68. The molecule has 0 aliphatic carbocycles. The van der Waals surface area contributed by atoms with Crippen molar-refractivity contribution in [3.8, 4) is 0 Å². The van der Waals surface area contributed by atoms with Crippen molar-refractivity contribution in [3.05, 3.63) is 28.0 Å². The van der Waals surface area contributed by atoms with E-state index in [2.05, 4.69) is 26.2 Å². The van der Waals surface area contributed by atoms with Gasteiger partial charge in [-0.05, 0) is 41.9 Å². The molecule has 19 heavy (non-hydrogen) atoms. The van der Waals surface area contributed by atoms with E-state index in [1.807, 2.05) is 0 Å². The molecule has 1 aromatic heterocycles. The lowest BCUT2D eigenvalue weighted by atomic mass is 10.1. The van der Waals surface area contributed by atoms with Crippen LogP contribution in [0, 0.1) is 0 Å². The zero-order valence-electron chi connectivity index (χ0n) is 10.2. The number of aromatic nitrogens is 1. The van der Waals surface area contributed by atoms with Gasteiger partial charge in [-0.1, -0.05) is 0 Å². The first-order valence-electron chi connectivity index (χ1n) is 5.25. The Labute approximate surface area is 116 Å². The van der Waals surface area contributed by atoms with Gasteiger partial charge in [0.15, 0.2) is 5.69 Å². The second kappa shape index (κ2) is 5.46. The molecule has 0 fully saturated rings. The lowest BCUT2D eigenvalue weighted by Gasteiger charge is -2.17. The molecule has 0 aliphatic rings. The third-order valence-electron chi connectivity index (χ3n) is 2.03. The molecule has 106 valence electrons. The molecule has 0 radical (unpaired) electrons. The van der Waals surface area contributed by atoms with Crippen LogP contribution >= 0.6 is 15.9 Å². The number of rotatable bonds is 3. The molecule has 1 rings (SSSR count). The minimum Gasteiger partial charge on any atom is -0.389 e. The van der Waals surface area contributed by atoms with E-state index in [1.54, 1.807) is 0 Å². The molecule has 0 unspecified atom stereocenters. The van der Waals surface area contributed by atoms with E-state index >= 15 is 0 Å². The molecule has 1 heterocycles. The van der Waals surface area contributed by atoms with Gasteiger partial charge in [0.2, 0.25) is 0 Å². The van der Waals surface area contributed by atoms with Gasteiger partial charge in [0.05, 0.1) is 5.60 Å². The number of alkyl halides is 3. The summed E-state index contributed by atoms with van der Waals surface area (Å²) in [6, 6.07) is 2.27. The summed E-state index contributed by atoms with van der Waals surface area (Å²) in [5, 5.41) is 11.7. The van der Waals surface area contributed by atoms with Crippen LogP contribution in [0.2, 0.25) is 0 Å². The smallest absolute Gasteiger partial charge is 0.389 e. The molecule has 0 aliphatic heterocycles. The van der Waals surface area contributed by atoms with E-state index in [9.17, 15) is 23.1 Å². The van der Waals surface area contributed by atoms with E-state index < -0.39 is 23.4 Å². The van der Waals surface area contributed by atoms with E-state index in [0.29, 0.717) is 0 Å². The van der Waals surface area contributed by atoms with E-state index in [0.717, 1.165) is 6.07 Å². The largest absolute Gasteiger partial charge is 0.434 e. The van der Waals surface area contributed by atoms with Crippen LogP contribution in [0.1, 0.15) is 30.0 Å². The van der Waals surface area contributed by atoms with Gasteiger partial charge in [-0.3, -0.25) is 4.79 Å². The lowest BCUT2D eigenvalue weighted by molar-refractivity contribution is -0.141. The summed E-state index contributed by atoms with van der Waals surface area (Å²) < 4.78 is 37.6. The third-order valence-corrected chi connectivity index (χ3v) is 2.67. The van der Waals surface area contributed by atoms with Crippen molar-refractivity contribution in [2.24, 2.45) is 0 Å². The van der Waals surface area contributed by atoms with Crippen LogP contribution in [0.15, 0.2) is 16.6 Å². The molecule has 1 aromatic rings. The maximum atomic E-state index is 12.6. The highest BCUT2D eigenvalue weighted by molar-refractivity contribution is 9.10. The van der Waals surface area contributed by atoms with Gasteiger partial charge in [-0.15, -0.1) is 0 Å². The Balaban J connectivity index is 2.94. The van der Waals surface area contributed by atoms with E-state index in [1.165, 1.54) is 19.9 Å². The summed E-state index contributed by atoms with van der Waals surface area (Å²) in [5.74, 6) is -0.778. The number of halogens is 4. The van der Waals surface area contributed by atoms with Crippen molar-refractivity contribution in [2.45, 2.75) is 25.6 Å². The molecule has 2 N–H and O–H groups in total. The number of hydrogen-bond acceptors (Lipinski definition) is 3. The Hall–Kier alpha value is -1.15. The minimum atomic E-state index is -4.65. The van der Waals surface area contributed by atoms with Crippen molar-refractivity contribution in [2.75, 3.05) is 6.54 Å². The van der Waals surface area contributed by atoms with Gasteiger partial charge in [0, 0.05) is 11.0 Å². The zero-order valence-corrected chi connectivity index (χ0v) is 11.8. The second-order valence-corrected chi connectivity index (χ2v) is 5.37. The van der Waals surface area contributed by atoms with Crippen LogP contribution in [-0.4, -0.2) is 28.1 Å². The Kier molecular flexibility index (Phi) is 4.57. The highest BCUT2D eigenvalue weighted by Gasteiger charge is 2.35. The molecule has 0 spiro atoms. The van der Waals surface area contributed by atoms with Crippen LogP contribution in [0.3, 0.4) is 0 Å². The first-order valence-corrected chi connectivity index (χ1v) is 6.04. The summed E-state index contributed by atoms with van der Waals surface area (Å²) in [6.07, 6.45) is -4.65. The van der Waals surface area contributed by atoms with Crippen molar-refractivity contribution in [1.29, 1.82) is 0 Å². The van der Waals surface area contributed by atoms with Gasteiger partial charge >= 0.3 is 6.18 Å². The molecular formula is C11H12BrF3N2O2. The Morgan fingerprint density at radius 3 is 2.47 bits per heavy atom. The van der Waals surface area contributed by atoms with Crippen molar-refractivity contribution in [1.82, 2.24) is 10.3 Å². The topological polar surface area (TPSA) is 62.2 Å². The van der Waals surface area contributed by atoms with Crippen molar-refractivity contribution in [3.63, 3.8) is 0 Å². The molecule has 0 saturated heterocycles. The SMILES string of the molecule is CC(C)(O)CNC(=O)c1ccc(Br)c(C(F)(F)F)n1. The predicted molar refractivity (Wildman–Crippen MR) is 65.6 cm³/mol. The van der Waals surface area contributed by atoms with Crippen LogP contribution < -0.4 is 5.32 Å². The number of pyridine rings is 1. The summed E-state index contributed by atoms with van der Waals surface area (Å²) in [6.45, 7) is 2.83. The second-order valence-electron chi connectivity index (χ2n) is 4.52. The molecule has 1 amide bonds. The highest BCUT2D eigenvalue weighted by atomic mass is 79.9. The van der Waals surface area contributed by atoms with E-state index in [-0.39, 0.29) is 16.7 Å². The van der Waals surface area contributed by atoms with Crippen LogP contribution in [-0.2, 0) is 6.18 Å². The standard InChI is InChI=1S/C11H12BrF3N2O2/c1-10(2,19)5-16-9(18)7-4-3-6(12)8(17-7)11(13,14)15/h3-4,19H,5H2,1-2H3,(H,16,18). The average Bonchev–Trinajstić information content (AvgIpc) is 2.24. The molecule has 0 saturated carbocycles. The zero-order chi connectivity index (χ0) is 14.8. The number of nitrogens with one attached hydrogen (secondary N) is 1. The third kappa shape index (κ3) is 4.79. The van der Waals surface area contributed by atoms with Gasteiger partial charge in [-0.25, -0.2) is 4.98 Å². The summed E-state index contributed by atoms with van der Waals surface area (Å²) >= 11 is 2.73. The fourth-order valence-corrected chi connectivity index (χ4v) is 1.60. The molecule has 0 aromatic carbocycles.